The summed E-state index contributed by atoms with van der Waals surface area (Å²) >= 11 is 0. The van der Waals surface area contributed by atoms with Crippen molar-refractivity contribution in [3.63, 3.8) is 0 Å². The van der Waals surface area contributed by atoms with Crippen LogP contribution in [0.4, 0.5) is 5.82 Å². The van der Waals surface area contributed by atoms with Crippen LogP contribution in [0.2, 0.25) is 0 Å². The maximum atomic E-state index is 13.2. The van der Waals surface area contributed by atoms with Crippen LogP contribution in [0.15, 0.2) is 76.5 Å². The van der Waals surface area contributed by atoms with Crippen molar-refractivity contribution in [2.45, 2.75) is 6.92 Å². The SMILES string of the molecule is COc1cccc(-c2c(C(=O)N/N=C(/C)c3ccc4ccccc4c3)nnn2-c2nonc2N)c1. The van der Waals surface area contributed by atoms with Gasteiger partial charge in [0.25, 0.3) is 5.91 Å². The number of hydrazone groups is 1. The van der Waals surface area contributed by atoms with Gasteiger partial charge in [0.2, 0.25) is 11.6 Å². The molecule has 0 fully saturated rings. The smallest absolute Gasteiger partial charge is 0.294 e. The molecule has 0 bridgehead atoms. The minimum absolute atomic E-state index is 0.00354. The highest BCUT2D eigenvalue weighted by molar-refractivity contribution is 6.04. The van der Waals surface area contributed by atoms with Crippen molar-refractivity contribution in [1.82, 2.24) is 30.7 Å². The van der Waals surface area contributed by atoms with E-state index in [1.807, 2.05) is 49.4 Å². The number of amides is 1. The molecule has 0 radical (unpaired) electrons. The topological polar surface area (TPSA) is 146 Å². The number of anilines is 1. The lowest BCUT2D eigenvalue weighted by Gasteiger charge is -2.08. The van der Waals surface area contributed by atoms with Crippen molar-refractivity contribution >= 4 is 28.2 Å². The van der Waals surface area contributed by atoms with Crippen molar-refractivity contribution in [3.05, 3.63) is 78.0 Å². The number of nitrogens with two attached hydrogens (primary N) is 1. The number of hydrogen-bond donors (Lipinski definition) is 2. The van der Waals surface area contributed by atoms with Gasteiger partial charge in [-0.3, -0.25) is 4.79 Å². The molecular formula is C24H20N8O3. The predicted molar refractivity (Wildman–Crippen MR) is 129 cm³/mol. The number of hydrogen-bond acceptors (Lipinski definition) is 9. The van der Waals surface area contributed by atoms with Crippen LogP contribution in [-0.4, -0.2) is 44.0 Å². The number of carbonyl (C=O) groups is 1. The fourth-order valence-electron chi connectivity index (χ4n) is 3.62. The summed E-state index contributed by atoms with van der Waals surface area (Å²) in [6, 6.07) is 21.1. The van der Waals surface area contributed by atoms with E-state index in [-0.39, 0.29) is 17.3 Å². The molecule has 3 aromatic carbocycles. The normalized spacial score (nSPS) is 11.5. The molecular weight excluding hydrogens is 448 g/mol. The Morgan fingerprint density at radius 1 is 1.06 bits per heavy atom. The van der Waals surface area contributed by atoms with E-state index >= 15 is 0 Å². The summed E-state index contributed by atoms with van der Waals surface area (Å²) < 4.78 is 11.3. The van der Waals surface area contributed by atoms with Crippen LogP contribution in [-0.2, 0) is 0 Å². The van der Waals surface area contributed by atoms with E-state index in [1.165, 1.54) is 4.68 Å². The average molecular weight is 468 g/mol. The quantitative estimate of drug-likeness (QED) is 0.285. The number of aromatic nitrogens is 5. The Kier molecular flexibility index (Phi) is 5.63. The molecule has 11 heteroatoms. The van der Waals surface area contributed by atoms with Gasteiger partial charge < -0.3 is 10.5 Å². The lowest BCUT2D eigenvalue weighted by atomic mass is 10.0. The Morgan fingerprint density at radius 2 is 1.89 bits per heavy atom. The first-order valence-corrected chi connectivity index (χ1v) is 10.6. The lowest BCUT2D eigenvalue weighted by Crippen LogP contribution is -2.21. The van der Waals surface area contributed by atoms with E-state index < -0.39 is 5.91 Å². The zero-order valence-electron chi connectivity index (χ0n) is 18.8. The minimum Gasteiger partial charge on any atom is -0.497 e. The van der Waals surface area contributed by atoms with E-state index in [2.05, 4.69) is 31.2 Å². The molecule has 3 N–H and O–H groups in total. The Morgan fingerprint density at radius 3 is 2.66 bits per heavy atom. The Labute approximate surface area is 199 Å². The predicted octanol–water partition coefficient (Wildman–Crippen LogP) is 3.22. The highest BCUT2D eigenvalue weighted by Crippen LogP contribution is 2.29. The average Bonchev–Trinajstić information content (AvgIpc) is 3.52. The number of rotatable bonds is 6. The number of nitrogens with one attached hydrogen (secondary N) is 1. The summed E-state index contributed by atoms with van der Waals surface area (Å²) in [7, 11) is 1.55. The Hall–Kier alpha value is -5.06. The third kappa shape index (κ3) is 4.17. The summed E-state index contributed by atoms with van der Waals surface area (Å²) in [4.78, 5) is 13.2. The number of benzene rings is 3. The number of carbonyl (C=O) groups excluding carboxylic acids is 1. The molecule has 35 heavy (non-hydrogen) atoms. The van der Waals surface area contributed by atoms with E-state index in [0.29, 0.717) is 22.7 Å². The first-order valence-electron chi connectivity index (χ1n) is 10.6. The molecule has 0 aliphatic rings. The standard InChI is InChI=1S/C24H20N8O3/c1-14(16-11-10-15-6-3-4-7-17(15)12-16)26-28-24(33)20-21(18-8-5-9-19(13-18)34-2)32(31-27-20)23-22(25)29-35-30-23/h3-13H,1-2H3,(H2,25,29)(H,28,33)/b26-14-. The van der Waals surface area contributed by atoms with Crippen LogP contribution in [0.25, 0.3) is 27.8 Å². The van der Waals surface area contributed by atoms with Gasteiger partial charge in [-0.2, -0.15) is 9.78 Å². The second-order valence-electron chi connectivity index (χ2n) is 7.60. The molecule has 0 saturated heterocycles. The van der Waals surface area contributed by atoms with Crippen molar-refractivity contribution in [2.24, 2.45) is 5.10 Å². The molecule has 0 aliphatic carbocycles. The molecule has 5 rings (SSSR count). The second-order valence-corrected chi connectivity index (χ2v) is 7.60. The molecule has 0 unspecified atom stereocenters. The maximum absolute atomic E-state index is 13.2. The van der Waals surface area contributed by atoms with E-state index in [1.54, 1.807) is 31.4 Å². The maximum Gasteiger partial charge on any atom is 0.294 e. The molecule has 0 aliphatic heterocycles. The van der Waals surface area contributed by atoms with Crippen LogP contribution in [0.1, 0.15) is 23.0 Å². The van der Waals surface area contributed by atoms with Gasteiger partial charge in [0.15, 0.2) is 5.69 Å². The first-order chi connectivity index (χ1) is 17.0. The summed E-state index contributed by atoms with van der Waals surface area (Å²) in [6.45, 7) is 1.81. The lowest BCUT2D eigenvalue weighted by molar-refractivity contribution is 0.0950. The summed E-state index contributed by atoms with van der Waals surface area (Å²) in [6.07, 6.45) is 0. The molecule has 2 aromatic heterocycles. The molecule has 0 saturated carbocycles. The number of methoxy groups -OCH3 is 1. The number of nitrogen functional groups attached to an aromatic ring is 1. The summed E-state index contributed by atoms with van der Waals surface area (Å²) in [5.74, 6) is 0.114. The van der Waals surface area contributed by atoms with Gasteiger partial charge in [-0.25, -0.2) is 10.1 Å². The second kappa shape index (κ2) is 9.06. The van der Waals surface area contributed by atoms with Gasteiger partial charge in [-0.15, -0.1) is 5.10 Å². The largest absolute Gasteiger partial charge is 0.497 e. The molecule has 11 nitrogen and oxygen atoms in total. The molecule has 0 spiro atoms. The van der Waals surface area contributed by atoms with Crippen molar-refractivity contribution in [3.8, 4) is 22.8 Å². The third-order valence-electron chi connectivity index (χ3n) is 5.42. The van der Waals surface area contributed by atoms with Crippen molar-refractivity contribution in [2.75, 3.05) is 12.8 Å². The number of fused-ring (bicyclic) bond motifs is 1. The molecule has 174 valence electrons. The van der Waals surface area contributed by atoms with Gasteiger partial charge in [0.1, 0.15) is 11.4 Å². The minimum atomic E-state index is -0.566. The van der Waals surface area contributed by atoms with E-state index in [9.17, 15) is 4.79 Å². The van der Waals surface area contributed by atoms with Gasteiger partial charge in [-0.05, 0) is 51.8 Å². The van der Waals surface area contributed by atoms with Crippen LogP contribution >= 0.6 is 0 Å². The fourth-order valence-corrected chi connectivity index (χ4v) is 3.62. The third-order valence-corrected chi connectivity index (χ3v) is 5.42. The number of nitrogens with zero attached hydrogens (tertiary/aromatic N) is 6. The number of ether oxygens (including phenoxy) is 1. The zero-order chi connectivity index (χ0) is 24.4. The Bertz CT molecular complexity index is 1570. The molecule has 1 amide bonds. The molecule has 5 aromatic rings. The molecule has 2 heterocycles. The van der Waals surface area contributed by atoms with Crippen LogP contribution in [0.3, 0.4) is 0 Å². The van der Waals surface area contributed by atoms with Gasteiger partial charge >= 0.3 is 0 Å². The highest BCUT2D eigenvalue weighted by Gasteiger charge is 2.25. The zero-order valence-corrected chi connectivity index (χ0v) is 18.8. The van der Waals surface area contributed by atoms with Crippen LogP contribution < -0.4 is 15.9 Å². The van der Waals surface area contributed by atoms with Crippen LogP contribution in [0.5, 0.6) is 5.75 Å². The first kappa shape index (κ1) is 21.8. The van der Waals surface area contributed by atoms with Crippen molar-refractivity contribution < 1.29 is 14.2 Å². The van der Waals surface area contributed by atoms with E-state index in [0.717, 1.165) is 16.3 Å². The van der Waals surface area contributed by atoms with Crippen LogP contribution in [0, 0.1) is 0 Å². The van der Waals surface area contributed by atoms with Gasteiger partial charge in [0, 0.05) is 5.56 Å². The van der Waals surface area contributed by atoms with Crippen molar-refractivity contribution in [1.29, 1.82) is 0 Å². The summed E-state index contributed by atoms with van der Waals surface area (Å²) in [5, 5.41) is 22.0. The Balaban J connectivity index is 1.50. The highest BCUT2D eigenvalue weighted by atomic mass is 16.6. The molecule has 0 atom stereocenters. The monoisotopic (exact) mass is 468 g/mol. The fraction of sp³-hybridized carbons (Fsp3) is 0.0833. The van der Waals surface area contributed by atoms with Gasteiger partial charge in [0.05, 0.1) is 12.8 Å². The van der Waals surface area contributed by atoms with E-state index in [4.69, 9.17) is 15.1 Å². The summed E-state index contributed by atoms with van der Waals surface area (Å²) in [5.41, 5.74) is 10.9. The van der Waals surface area contributed by atoms with Gasteiger partial charge in [-0.1, -0.05) is 53.7 Å².